The largest absolute Gasteiger partial charge is 0.505 e. The fraction of sp³-hybridized carbons (Fsp3) is 0.125. The summed E-state index contributed by atoms with van der Waals surface area (Å²) in [6.45, 7) is 1.38. The number of benzene rings is 1. The first-order valence-corrected chi connectivity index (χ1v) is 4.11. The van der Waals surface area contributed by atoms with Gasteiger partial charge in [-0.1, -0.05) is 0 Å². The van der Waals surface area contributed by atoms with E-state index in [4.69, 9.17) is 5.73 Å². The minimum absolute atomic E-state index is 0.156. The molecule has 0 spiro atoms. The number of aromatic hydroxyl groups is 1. The number of hydrogen-bond acceptors (Lipinski definition) is 3. The lowest BCUT2D eigenvalue weighted by Crippen LogP contribution is -1.96. The monoisotopic (exact) mass is 229 g/mol. The molecule has 0 amide bonds. The maximum absolute atomic E-state index is 10.9. The molecule has 0 aliphatic carbocycles. The highest BCUT2D eigenvalue weighted by atomic mass is 79.9. The van der Waals surface area contributed by atoms with Gasteiger partial charge in [-0.3, -0.25) is 4.79 Å². The number of ketones is 1. The van der Waals surface area contributed by atoms with Crippen molar-refractivity contribution in [2.24, 2.45) is 0 Å². The molecule has 0 atom stereocenters. The molecule has 0 unspecified atom stereocenters. The maximum Gasteiger partial charge on any atom is 0.163 e. The molecule has 0 fully saturated rings. The van der Waals surface area contributed by atoms with Crippen LogP contribution >= 0.6 is 15.9 Å². The van der Waals surface area contributed by atoms with Crippen LogP contribution in [0.1, 0.15) is 17.3 Å². The molecular formula is C8H8BrNO2. The number of rotatable bonds is 1. The van der Waals surface area contributed by atoms with E-state index in [0.717, 1.165) is 0 Å². The summed E-state index contributed by atoms with van der Waals surface area (Å²) in [4.78, 5) is 10.9. The number of phenols is 1. The highest BCUT2D eigenvalue weighted by molar-refractivity contribution is 9.10. The lowest BCUT2D eigenvalue weighted by molar-refractivity contribution is 0.101. The van der Waals surface area contributed by atoms with Gasteiger partial charge in [-0.2, -0.15) is 0 Å². The van der Waals surface area contributed by atoms with Crippen LogP contribution in [-0.4, -0.2) is 10.9 Å². The first-order valence-electron chi connectivity index (χ1n) is 3.32. The Labute approximate surface area is 78.3 Å². The summed E-state index contributed by atoms with van der Waals surface area (Å²) in [6.07, 6.45) is 0. The minimum Gasteiger partial charge on any atom is -0.505 e. The van der Waals surface area contributed by atoms with Gasteiger partial charge in [0.1, 0.15) is 5.75 Å². The molecule has 4 heteroatoms. The van der Waals surface area contributed by atoms with Crippen LogP contribution in [0.3, 0.4) is 0 Å². The lowest BCUT2D eigenvalue weighted by Gasteiger charge is -2.04. The molecule has 1 aromatic carbocycles. The standard InChI is InChI=1S/C8H8BrNO2/c1-4(11)5-2-3-6(9)7(10)8(5)12/h2-3,12H,10H2,1H3. The summed E-state index contributed by atoms with van der Waals surface area (Å²) in [5, 5.41) is 9.37. The van der Waals surface area contributed by atoms with Gasteiger partial charge in [-0.05, 0) is 35.0 Å². The third kappa shape index (κ3) is 1.43. The zero-order valence-corrected chi connectivity index (χ0v) is 8.05. The normalized spacial score (nSPS) is 9.83. The second-order valence-electron chi connectivity index (χ2n) is 2.41. The summed E-state index contributed by atoms with van der Waals surface area (Å²) in [7, 11) is 0. The molecule has 64 valence electrons. The highest BCUT2D eigenvalue weighted by Gasteiger charge is 2.10. The van der Waals surface area contributed by atoms with Crippen molar-refractivity contribution in [1.29, 1.82) is 0 Å². The third-order valence-corrected chi connectivity index (χ3v) is 2.23. The molecule has 0 aliphatic rings. The van der Waals surface area contributed by atoms with E-state index in [0.29, 0.717) is 4.47 Å². The molecule has 0 saturated carbocycles. The highest BCUT2D eigenvalue weighted by Crippen LogP contribution is 2.32. The Morgan fingerprint density at radius 2 is 2.17 bits per heavy atom. The number of nitrogen functional groups attached to an aromatic ring is 1. The fourth-order valence-corrected chi connectivity index (χ4v) is 1.19. The molecule has 1 aromatic rings. The van der Waals surface area contributed by atoms with E-state index in [1.807, 2.05) is 0 Å². The van der Waals surface area contributed by atoms with Crippen LogP contribution in [0, 0.1) is 0 Å². The molecule has 3 nitrogen and oxygen atoms in total. The van der Waals surface area contributed by atoms with E-state index in [9.17, 15) is 9.90 Å². The van der Waals surface area contributed by atoms with Crippen molar-refractivity contribution in [1.82, 2.24) is 0 Å². The number of carbonyl (C=O) groups is 1. The molecule has 0 bridgehead atoms. The average Bonchev–Trinajstić information content (AvgIpc) is 2.00. The van der Waals surface area contributed by atoms with Crippen LogP contribution in [0.4, 0.5) is 5.69 Å². The number of phenolic OH excluding ortho intramolecular Hbond substituents is 1. The minimum atomic E-state index is -0.202. The third-order valence-electron chi connectivity index (χ3n) is 1.54. The van der Waals surface area contributed by atoms with E-state index < -0.39 is 0 Å². The SMILES string of the molecule is CC(=O)c1ccc(Br)c(N)c1O. The Bertz CT molecular complexity index is 336. The van der Waals surface area contributed by atoms with Crippen molar-refractivity contribution in [2.45, 2.75) is 6.92 Å². The Morgan fingerprint density at radius 3 is 2.67 bits per heavy atom. The van der Waals surface area contributed by atoms with Crippen molar-refractivity contribution in [2.75, 3.05) is 5.73 Å². The van der Waals surface area contributed by atoms with Gasteiger partial charge in [0, 0.05) is 4.47 Å². The number of nitrogens with two attached hydrogens (primary N) is 1. The van der Waals surface area contributed by atoms with Crippen molar-refractivity contribution < 1.29 is 9.90 Å². The van der Waals surface area contributed by atoms with E-state index in [-0.39, 0.29) is 22.8 Å². The number of carbonyl (C=O) groups excluding carboxylic acids is 1. The molecule has 0 aliphatic heterocycles. The zero-order valence-electron chi connectivity index (χ0n) is 6.47. The van der Waals surface area contributed by atoms with Crippen LogP contribution < -0.4 is 5.73 Å². The quantitative estimate of drug-likeness (QED) is 0.440. The van der Waals surface area contributed by atoms with Gasteiger partial charge in [0.15, 0.2) is 5.78 Å². The van der Waals surface area contributed by atoms with Gasteiger partial charge in [0.2, 0.25) is 0 Å². The molecular weight excluding hydrogens is 222 g/mol. The topological polar surface area (TPSA) is 63.3 Å². The summed E-state index contributed by atoms with van der Waals surface area (Å²) < 4.78 is 0.588. The van der Waals surface area contributed by atoms with Crippen molar-refractivity contribution in [3.05, 3.63) is 22.2 Å². The molecule has 12 heavy (non-hydrogen) atoms. The van der Waals surface area contributed by atoms with Gasteiger partial charge >= 0.3 is 0 Å². The molecule has 1 rings (SSSR count). The molecule has 0 radical (unpaired) electrons. The van der Waals surface area contributed by atoms with Gasteiger partial charge in [0.05, 0.1) is 11.3 Å². The Hall–Kier alpha value is -1.03. The second kappa shape index (κ2) is 3.15. The Kier molecular flexibility index (Phi) is 2.38. The Morgan fingerprint density at radius 1 is 1.58 bits per heavy atom. The first kappa shape index (κ1) is 9.06. The van der Waals surface area contributed by atoms with E-state index in [1.165, 1.54) is 13.0 Å². The first-order chi connectivity index (χ1) is 5.54. The van der Waals surface area contributed by atoms with Crippen LogP contribution in [0.5, 0.6) is 5.75 Å². The fourth-order valence-electron chi connectivity index (χ4n) is 0.868. The van der Waals surface area contributed by atoms with Gasteiger partial charge in [-0.25, -0.2) is 0 Å². The van der Waals surface area contributed by atoms with Crippen molar-refractivity contribution in [3.8, 4) is 5.75 Å². The predicted molar refractivity (Wildman–Crippen MR) is 50.2 cm³/mol. The molecule has 0 heterocycles. The summed E-state index contributed by atoms with van der Waals surface area (Å²) in [5.74, 6) is -0.358. The number of halogens is 1. The summed E-state index contributed by atoms with van der Waals surface area (Å²) >= 11 is 3.13. The number of hydrogen-bond donors (Lipinski definition) is 2. The van der Waals surface area contributed by atoms with Crippen LogP contribution in [0.25, 0.3) is 0 Å². The predicted octanol–water partition coefficient (Wildman–Crippen LogP) is 1.94. The molecule has 0 saturated heterocycles. The molecule has 0 aromatic heterocycles. The zero-order chi connectivity index (χ0) is 9.30. The van der Waals surface area contributed by atoms with Crippen LogP contribution in [0.15, 0.2) is 16.6 Å². The van der Waals surface area contributed by atoms with E-state index in [1.54, 1.807) is 6.07 Å². The molecule has 3 N–H and O–H groups in total. The smallest absolute Gasteiger partial charge is 0.163 e. The number of anilines is 1. The average molecular weight is 230 g/mol. The van der Waals surface area contributed by atoms with Gasteiger partial charge in [0.25, 0.3) is 0 Å². The lowest BCUT2D eigenvalue weighted by atomic mass is 10.1. The van der Waals surface area contributed by atoms with Crippen molar-refractivity contribution in [3.63, 3.8) is 0 Å². The number of Topliss-reactive ketones (excluding diaryl/α,β-unsaturated/α-hetero) is 1. The van der Waals surface area contributed by atoms with Gasteiger partial charge < -0.3 is 10.8 Å². The summed E-state index contributed by atoms with van der Waals surface area (Å²) in [5.41, 5.74) is 5.91. The summed E-state index contributed by atoms with van der Waals surface area (Å²) in [6, 6.07) is 3.16. The van der Waals surface area contributed by atoms with Crippen LogP contribution in [-0.2, 0) is 0 Å². The second-order valence-corrected chi connectivity index (χ2v) is 3.27. The van der Waals surface area contributed by atoms with E-state index in [2.05, 4.69) is 15.9 Å². The van der Waals surface area contributed by atoms with Crippen molar-refractivity contribution >= 4 is 27.4 Å². The van der Waals surface area contributed by atoms with Crippen LogP contribution in [0.2, 0.25) is 0 Å². The Balaban J connectivity index is 3.36. The van der Waals surface area contributed by atoms with Gasteiger partial charge in [-0.15, -0.1) is 0 Å². The maximum atomic E-state index is 10.9. The van der Waals surface area contributed by atoms with E-state index >= 15 is 0 Å².